The summed E-state index contributed by atoms with van der Waals surface area (Å²) in [6.45, 7) is 0.803. The highest BCUT2D eigenvalue weighted by atomic mass is 16.7. The molecular formula is C11H18O4. The summed E-state index contributed by atoms with van der Waals surface area (Å²) in [5, 5.41) is 0. The van der Waals surface area contributed by atoms with Gasteiger partial charge < -0.3 is 14.2 Å². The van der Waals surface area contributed by atoms with E-state index >= 15 is 0 Å². The molecule has 0 radical (unpaired) electrons. The first kappa shape index (κ1) is 10.9. The van der Waals surface area contributed by atoms with Crippen molar-refractivity contribution in [3.05, 3.63) is 0 Å². The van der Waals surface area contributed by atoms with Gasteiger partial charge in [0.1, 0.15) is 0 Å². The topological polar surface area (TPSA) is 44.8 Å². The van der Waals surface area contributed by atoms with Gasteiger partial charge in [-0.1, -0.05) is 0 Å². The Kier molecular flexibility index (Phi) is 3.59. The molecule has 4 nitrogen and oxygen atoms in total. The van der Waals surface area contributed by atoms with Crippen molar-refractivity contribution in [2.75, 3.05) is 13.7 Å². The smallest absolute Gasteiger partial charge is 0.308 e. The average Bonchev–Trinajstić information content (AvgIpc) is 2.23. The van der Waals surface area contributed by atoms with Gasteiger partial charge in [-0.05, 0) is 32.1 Å². The van der Waals surface area contributed by atoms with Gasteiger partial charge in [0, 0.05) is 6.61 Å². The largest absolute Gasteiger partial charge is 0.469 e. The summed E-state index contributed by atoms with van der Waals surface area (Å²) in [4.78, 5) is 11.1. The third-order valence-electron chi connectivity index (χ3n) is 3.11. The van der Waals surface area contributed by atoms with Crippen LogP contribution in [-0.2, 0) is 19.0 Å². The first-order valence-electron chi connectivity index (χ1n) is 5.64. The molecule has 0 aromatic rings. The van der Waals surface area contributed by atoms with E-state index in [0.717, 1.165) is 32.3 Å². The molecule has 2 rings (SSSR count). The number of esters is 1. The molecule has 1 saturated carbocycles. The van der Waals surface area contributed by atoms with Crippen LogP contribution in [0.1, 0.15) is 32.1 Å². The van der Waals surface area contributed by atoms with Gasteiger partial charge in [0.2, 0.25) is 0 Å². The monoisotopic (exact) mass is 214 g/mol. The number of methoxy groups -OCH3 is 1. The molecule has 0 aromatic heterocycles. The Bertz CT molecular complexity index is 217. The maximum atomic E-state index is 11.1. The highest BCUT2D eigenvalue weighted by Gasteiger charge is 2.37. The maximum absolute atomic E-state index is 11.1. The fourth-order valence-electron chi connectivity index (χ4n) is 2.07. The molecule has 0 amide bonds. The van der Waals surface area contributed by atoms with Crippen LogP contribution in [0.15, 0.2) is 0 Å². The average molecular weight is 214 g/mol. The SMILES string of the molecule is COC(=O)C1CC(OC2CCCCO2)C1. The van der Waals surface area contributed by atoms with E-state index in [-0.39, 0.29) is 24.3 Å². The van der Waals surface area contributed by atoms with Crippen molar-refractivity contribution in [1.82, 2.24) is 0 Å². The summed E-state index contributed by atoms with van der Waals surface area (Å²) >= 11 is 0. The molecule has 2 aliphatic rings. The Morgan fingerprint density at radius 1 is 1.33 bits per heavy atom. The lowest BCUT2D eigenvalue weighted by Gasteiger charge is -2.36. The van der Waals surface area contributed by atoms with Crippen LogP contribution in [0, 0.1) is 5.92 Å². The molecule has 1 aliphatic heterocycles. The molecule has 15 heavy (non-hydrogen) atoms. The van der Waals surface area contributed by atoms with Crippen molar-refractivity contribution < 1.29 is 19.0 Å². The fourth-order valence-corrected chi connectivity index (χ4v) is 2.07. The first-order valence-corrected chi connectivity index (χ1v) is 5.64. The van der Waals surface area contributed by atoms with Gasteiger partial charge in [0.05, 0.1) is 19.1 Å². The fraction of sp³-hybridized carbons (Fsp3) is 0.909. The second-order valence-electron chi connectivity index (χ2n) is 4.25. The number of hydrogen-bond acceptors (Lipinski definition) is 4. The van der Waals surface area contributed by atoms with Crippen molar-refractivity contribution >= 4 is 5.97 Å². The summed E-state index contributed by atoms with van der Waals surface area (Å²) < 4.78 is 15.9. The molecule has 86 valence electrons. The normalized spacial score (nSPS) is 35.7. The summed E-state index contributed by atoms with van der Waals surface area (Å²) in [5.74, 6) is -0.0667. The van der Waals surface area contributed by atoms with Crippen LogP contribution in [0.3, 0.4) is 0 Å². The standard InChI is InChI=1S/C11H18O4/c1-13-11(12)8-6-9(7-8)15-10-4-2-3-5-14-10/h8-10H,2-7H2,1H3. The summed E-state index contributed by atoms with van der Waals surface area (Å²) in [6.07, 6.45) is 5.02. The molecule has 1 heterocycles. The molecule has 1 unspecified atom stereocenters. The number of rotatable bonds is 3. The minimum atomic E-state index is -0.112. The van der Waals surface area contributed by atoms with Crippen LogP contribution < -0.4 is 0 Å². The molecule has 2 fully saturated rings. The van der Waals surface area contributed by atoms with Crippen LogP contribution >= 0.6 is 0 Å². The van der Waals surface area contributed by atoms with E-state index in [0.29, 0.717) is 0 Å². The molecule has 0 N–H and O–H groups in total. The Morgan fingerprint density at radius 2 is 2.13 bits per heavy atom. The summed E-state index contributed by atoms with van der Waals surface area (Å²) in [7, 11) is 1.43. The lowest BCUT2D eigenvalue weighted by atomic mass is 9.82. The van der Waals surface area contributed by atoms with Crippen LogP contribution in [0.5, 0.6) is 0 Å². The second kappa shape index (κ2) is 4.94. The van der Waals surface area contributed by atoms with E-state index < -0.39 is 0 Å². The van der Waals surface area contributed by atoms with Crippen molar-refractivity contribution in [1.29, 1.82) is 0 Å². The zero-order chi connectivity index (χ0) is 10.7. The van der Waals surface area contributed by atoms with Crippen molar-refractivity contribution in [2.45, 2.75) is 44.5 Å². The van der Waals surface area contributed by atoms with Gasteiger partial charge in [0.15, 0.2) is 6.29 Å². The second-order valence-corrected chi connectivity index (χ2v) is 4.25. The van der Waals surface area contributed by atoms with Crippen LogP contribution in [-0.4, -0.2) is 32.1 Å². The van der Waals surface area contributed by atoms with Gasteiger partial charge in [-0.15, -0.1) is 0 Å². The highest BCUT2D eigenvalue weighted by Crippen LogP contribution is 2.33. The number of carbonyl (C=O) groups excluding carboxylic acids is 1. The van der Waals surface area contributed by atoms with Crippen molar-refractivity contribution in [2.24, 2.45) is 5.92 Å². The van der Waals surface area contributed by atoms with Crippen molar-refractivity contribution in [3.63, 3.8) is 0 Å². The van der Waals surface area contributed by atoms with E-state index in [4.69, 9.17) is 9.47 Å². The minimum absolute atomic E-state index is 0.0395. The Hall–Kier alpha value is -0.610. The van der Waals surface area contributed by atoms with Crippen LogP contribution in [0.4, 0.5) is 0 Å². The number of carbonyl (C=O) groups is 1. The Morgan fingerprint density at radius 3 is 2.73 bits per heavy atom. The lowest BCUT2D eigenvalue weighted by molar-refractivity contribution is -0.213. The molecule has 1 aliphatic carbocycles. The molecule has 0 bridgehead atoms. The summed E-state index contributed by atoms with van der Waals surface area (Å²) in [6, 6.07) is 0. The summed E-state index contributed by atoms with van der Waals surface area (Å²) in [5.41, 5.74) is 0. The van der Waals surface area contributed by atoms with Gasteiger partial charge in [-0.2, -0.15) is 0 Å². The van der Waals surface area contributed by atoms with Crippen LogP contribution in [0.2, 0.25) is 0 Å². The van der Waals surface area contributed by atoms with Gasteiger partial charge in [-0.25, -0.2) is 0 Å². The quantitative estimate of drug-likeness (QED) is 0.667. The van der Waals surface area contributed by atoms with Gasteiger partial charge in [0.25, 0.3) is 0 Å². The van der Waals surface area contributed by atoms with Crippen LogP contribution in [0.25, 0.3) is 0 Å². The molecule has 0 aromatic carbocycles. The maximum Gasteiger partial charge on any atom is 0.308 e. The van der Waals surface area contributed by atoms with E-state index in [1.54, 1.807) is 0 Å². The Labute approximate surface area is 89.9 Å². The van der Waals surface area contributed by atoms with E-state index in [9.17, 15) is 4.79 Å². The molecule has 4 heteroatoms. The minimum Gasteiger partial charge on any atom is -0.469 e. The van der Waals surface area contributed by atoms with E-state index in [2.05, 4.69) is 4.74 Å². The third-order valence-corrected chi connectivity index (χ3v) is 3.11. The van der Waals surface area contributed by atoms with Crippen molar-refractivity contribution in [3.8, 4) is 0 Å². The number of hydrogen-bond donors (Lipinski definition) is 0. The van der Waals surface area contributed by atoms with Gasteiger partial charge >= 0.3 is 5.97 Å². The van der Waals surface area contributed by atoms with Gasteiger partial charge in [-0.3, -0.25) is 4.79 Å². The van der Waals surface area contributed by atoms with E-state index in [1.807, 2.05) is 0 Å². The zero-order valence-corrected chi connectivity index (χ0v) is 9.11. The number of ether oxygens (including phenoxy) is 3. The lowest BCUT2D eigenvalue weighted by Crippen LogP contribution is -2.40. The predicted molar refractivity (Wildman–Crippen MR) is 53.2 cm³/mol. The van der Waals surface area contributed by atoms with E-state index in [1.165, 1.54) is 13.5 Å². The first-order chi connectivity index (χ1) is 7.29. The zero-order valence-electron chi connectivity index (χ0n) is 9.11. The Balaban J connectivity index is 1.64. The molecular weight excluding hydrogens is 196 g/mol. The highest BCUT2D eigenvalue weighted by molar-refractivity contribution is 5.73. The molecule has 0 spiro atoms. The molecule has 1 atom stereocenters. The predicted octanol–water partition coefficient (Wildman–Crippen LogP) is 1.48. The third kappa shape index (κ3) is 2.69. The molecule has 1 saturated heterocycles.